The van der Waals surface area contributed by atoms with Crippen molar-refractivity contribution in [2.75, 3.05) is 36.7 Å². The Bertz CT molecular complexity index is 1540. The number of amides is 1. The van der Waals surface area contributed by atoms with Crippen LogP contribution in [0.25, 0.3) is 0 Å². The van der Waals surface area contributed by atoms with E-state index in [2.05, 4.69) is 10.1 Å². The van der Waals surface area contributed by atoms with Crippen LogP contribution in [0.5, 0.6) is 17.2 Å². The second-order valence-corrected chi connectivity index (χ2v) is 11.4. The molecule has 9 nitrogen and oxygen atoms in total. The van der Waals surface area contributed by atoms with Crippen molar-refractivity contribution in [1.29, 1.82) is 0 Å². The van der Waals surface area contributed by atoms with Crippen molar-refractivity contribution >= 4 is 45.7 Å². The molecule has 230 valence electrons. The second kappa shape index (κ2) is 13.6. The molecule has 1 aliphatic rings. The summed E-state index contributed by atoms with van der Waals surface area (Å²) >= 11 is 6.24. The summed E-state index contributed by atoms with van der Waals surface area (Å²) in [5.74, 6) is -1.40. The fraction of sp³-hybridized carbons (Fsp3) is 0.310. The number of nitrogens with zero attached hydrogens (tertiary/aromatic N) is 1. The quantitative estimate of drug-likeness (QED) is 0.233. The summed E-state index contributed by atoms with van der Waals surface area (Å²) in [6, 6.07) is 12.1. The zero-order valence-corrected chi connectivity index (χ0v) is 24.6. The fourth-order valence-corrected chi connectivity index (χ4v) is 5.33. The molecule has 1 aliphatic heterocycles. The molecule has 0 bridgehead atoms. The number of fused-ring (bicyclic) bond motifs is 1. The Morgan fingerprint density at radius 2 is 1.88 bits per heavy atom. The van der Waals surface area contributed by atoms with Crippen LogP contribution in [0.1, 0.15) is 30.0 Å². The van der Waals surface area contributed by atoms with E-state index in [1.807, 2.05) is 0 Å². The van der Waals surface area contributed by atoms with Crippen molar-refractivity contribution in [2.24, 2.45) is 0 Å². The van der Waals surface area contributed by atoms with Gasteiger partial charge in [-0.25, -0.2) is 0 Å². The van der Waals surface area contributed by atoms with E-state index in [0.29, 0.717) is 38.9 Å². The highest BCUT2D eigenvalue weighted by Crippen LogP contribution is 2.39. The topological polar surface area (TPSA) is 114 Å². The Morgan fingerprint density at radius 3 is 2.56 bits per heavy atom. The van der Waals surface area contributed by atoms with Gasteiger partial charge in [0.1, 0.15) is 23.3 Å². The Kier molecular flexibility index (Phi) is 10.1. The number of benzene rings is 3. The zero-order chi connectivity index (χ0) is 31.3. The SMILES string of the molecule is COc1cc(NC(C(=O)N2CCc3ccc(OC(F)(F)F)cc32)c2ccc(Cl)cc2OCCCC(=O)O)cc(S(C)=O)c1. The van der Waals surface area contributed by atoms with Crippen LogP contribution in [0.2, 0.25) is 5.02 Å². The number of alkyl halides is 3. The lowest BCUT2D eigenvalue weighted by Gasteiger charge is -2.28. The Labute approximate surface area is 252 Å². The first-order valence-corrected chi connectivity index (χ1v) is 14.9. The second-order valence-electron chi connectivity index (χ2n) is 9.53. The molecular formula is C29H28ClF3N2O7S. The molecule has 0 aromatic heterocycles. The van der Waals surface area contributed by atoms with Crippen molar-refractivity contribution in [3.05, 3.63) is 70.7 Å². The normalized spacial score (nSPS) is 14.0. The summed E-state index contributed by atoms with van der Waals surface area (Å²) in [5.41, 5.74) is 1.64. The number of halogens is 4. The number of aliphatic carboxylic acids is 1. The number of rotatable bonds is 12. The van der Waals surface area contributed by atoms with Crippen LogP contribution in [0.15, 0.2) is 59.5 Å². The summed E-state index contributed by atoms with van der Waals surface area (Å²) in [6.45, 7) is 0.204. The molecule has 2 N–H and O–H groups in total. The van der Waals surface area contributed by atoms with Crippen LogP contribution >= 0.6 is 11.6 Å². The number of carbonyl (C=O) groups is 2. The maximum atomic E-state index is 14.3. The van der Waals surface area contributed by atoms with Crippen molar-refractivity contribution < 1.29 is 46.3 Å². The zero-order valence-electron chi connectivity index (χ0n) is 23.1. The van der Waals surface area contributed by atoms with Gasteiger partial charge in [0, 0.05) is 63.3 Å². The van der Waals surface area contributed by atoms with Gasteiger partial charge in [-0.15, -0.1) is 13.2 Å². The molecule has 3 aromatic rings. The van der Waals surface area contributed by atoms with Crippen molar-refractivity contribution in [3.8, 4) is 17.2 Å². The van der Waals surface area contributed by atoms with Crippen LogP contribution in [0, 0.1) is 0 Å². The first kappa shape index (κ1) is 32.0. The predicted molar refractivity (Wildman–Crippen MR) is 155 cm³/mol. The van der Waals surface area contributed by atoms with E-state index >= 15 is 0 Å². The average molecular weight is 641 g/mol. The smallest absolute Gasteiger partial charge is 0.497 e. The number of ether oxygens (including phenoxy) is 3. The molecule has 0 fully saturated rings. The maximum Gasteiger partial charge on any atom is 0.573 e. The Morgan fingerprint density at radius 1 is 1.12 bits per heavy atom. The van der Waals surface area contributed by atoms with Gasteiger partial charge in [-0.1, -0.05) is 23.7 Å². The molecule has 2 atom stereocenters. The van der Waals surface area contributed by atoms with E-state index < -0.39 is 40.8 Å². The van der Waals surface area contributed by atoms with Gasteiger partial charge >= 0.3 is 12.3 Å². The number of methoxy groups -OCH3 is 1. The third-order valence-corrected chi connectivity index (χ3v) is 7.67. The van der Waals surface area contributed by atoms with Crippen LogP contribution < -0.4 is 24.4 Å². The van der Waals surface area contributed by atoms with Gasteiger partial charge in [0.15, 0.2) is 0 Å². The van der Waals surface area contributed by atoms with Gasteiger partial charge in [0.05, 0.1) is 19.4 Å². The largest absolute Gasteiger partial charge is 0.573 e. The minimum atomic E-state index is -4.91. The monoisotopic (exact) mass is 640 g/mol. The maximum absolute atomic E-state index is 14.3. The standard InChI is InChI=1S/C29H28ClF3N2O7S/c1-40-21-13-19(14-22(15-21)43(2)39)34-27(23-8-6-18(30)12-25(23)41-11-3-4-26(36)37)28(38)35-10-9-17-5-7-20(16-24(17)35)42-29(31,32)33/h5-8,12-16,27,34H,3-4,9-11H2,1-2H3,(H,36,37). The molecule has 3 aromatic carbocycles. The van der Waals surface area contributed by atoms with Gasteiger partial charge in [-0.3, -0.25) is 13.8 Å². The van der Waals surface area contributed by atoms with E-state index in [1.165, 1.54) is 42.5 Å². The minimum absolute atomic E-state index is 0.0172. The lowest BCUT2D eigenvalue weighted by atomic mass is 10.0. The van der Waals surface area contributed by atoms with Gasteiger partial charge in [-0.2, -0.15) is 0 Å². The first-order chi connectivity index (χ1) is 20.3. The van der Waals surface area contributed by atoms with Crippen LogP contribution in [-0.4, -0.2) is 54.1 Å². The third kappa shape index (κ3) is 8.32. The Hall–Kier alpha value is -3.97. The number of carboxylic acids is 1. The third-order valence-electron chi connectivity index (χ3n) is 6.54. The molecule has 43 heavy (non-hydrogen) atoms. The first-order valence-electron chi connectivity index (χ1n) is 13.0. The number of nitrogens with one attached hydrogen (secondary N) is 1. The van der Waals surface area contributed by atoms with Gasteiger partial charge < -0.3 is 29.5 Å². The van der Waals surface area contributed by atoms with Gasteiger partial charge in [-0.05, 0) is 48.7 Å². The van der Waals surface area contributed by atoms with E-state index in [-0.39, 0.29) is 37.4 Å². The molecular weight excluding hydrogens is 613 g/mol. The lowest BCUT2D eigenvalue weighted by molar-refractivity contribution is -0.274. The highest BCUT2D eigenvalue weighted by atomic mass is 35.5. The van der Waals surface area contributed by atoms with E-state index in [1.54, 1.807) is 30.3 Å². The summed E-state index contributed by atoms with van der Waals surface area (Å²) in [4.78, 5) is 27.0. The molecule has 1 heterocycles. The van der Waals surface area contributed by atoms with E-state index in [4.69, 9.17) is 26.2 Å². The number of hydrogen-bond donors (Lipinski definition) is 2. The number of carbonyl (C=O) groups excluding carboxylic acids is 1. The van der Waals surface area contributed by atoms with Gasteiger partial charge in [0.2, 0.25) is 0 Å². The molecule has 1 amide bonds. The average Bonchev–Trinajstić information content (AvgIpc) is 3.36. The number of hydrogen-bond acceptors (Lipinski definition) is 7. The molecule has 0 saturated carbocycles. The Balaban J connectivity index is 1.76. The summed E-state index contributed by atoms with van der Waals surface area (Å²) in [5, 5.41) is 12.4. The lowest BCUT2D eigenvalue weighted by Crippen LogP contribution is -2.37. The van der Waals surface area contributed by atoms with Gasteiger partial charge in [0.25, 0.3) is 5.91 Å². The minimum Gasteiger partial charge on any atom is -0.497 e. The number of carboxylic acid groups (broad SMARTS) is 1. The predicted octanol–water partition coefficient (Wildman–Crippen LogP) is 5.97. The fourth-order valence-electron chi connectivity index (χ4n) is 4.60. The van der Waals surface area contributed by atoms with E-state index in [9.17, 15) is 27.0 Å². The summed E-state index contributed by atoms with van der Waals surface area (Å²) in [7, 11) is 0.0465. The van der Waals surface area contributed by atoms with E-state index in [0.717, 1.165) is 0 Å². The highest BCUT2D eigenvalue weighted by molar-refractivity contribution is 7.84. The van der Waals surface area contributed by atoms with Crippen molar-refractivity contribution in [2.45, 2.75) is 36.6 Å². The molecule has 0 spiro atoms. The molecule has 4 rings (SSSR count). The molecule has 0 saturated heterocycles. The van der Waals surface area contributed by atoms with Crippen molar-refractivity contribution in [3.63, 3.8) is 0 Å². The molecule has 0 radical (unpaired) electrons. The number of anilines is 2. The summed E-state index contributed by atoms with van der Waals surface area (Å²) in [6.07, 6.45) is -2.96. The molecule has 2 unspecified atom stereocenters. The summed E-state index contributed by atoms with van der Waals surface area (Å²) < 4.78 is 66.4. The molecule has 0 aliphatic carbocycles. The highest BCUT2D eigenvalue weighted by Gasteiger charge is 2.35. The van der Waals surface area contributed by atoms with Crippen LogP contribution in [0.4, 0.5) is 24.5 Å². The van der Waals surface area contributed by atoms with Crippen molar-refractivity contribution in [1.82, 2.24) is 0 Å². The van der Waals surface area contributed by atoms with Crippen LogP contribution in [0.3, 0.4) is 0 Å². The molecule has 14 heteroatoms. The van der Waals surface area contributed by atoms with Crippen LogP contribution in [-0.2, 0) is 26.8 Å².